The van der Waals surface area contributed by atoms with Crippen molar-refractivity contribution in [2.24, 2.45) is 0 Å². The first-order valence-electron chi connectivity index (χ1n) is 8.71. The molecule has 134 valence electrons. The predicted octanol–water partition coefficient (Wildman–Crippen LogP) is 1.33. The summed E-state index contributed by atoms with van der Waals surface area (Å²) in [6, 6.07) is 2.26. The molecule has 1 saturated heterocycles. The smallest absolute Gasteiger partial charge is 0.263 e. The molecule has 2 rings (SSSR count). The maximum atomic E-state index is 12.7. The summed E-state index contributed by atoms with van der Waals surface area (Å²) in [5.41, 5.74) is 1.58. The second-order valence-electron chi connectivity index (χ2n) is 6.43. The van der Waals surface area contributed by atoms with Gasteiger partial charge in [-0.15, -0.1) is 0 Å². The van der Waals surface area contributed by atoms with Gasteiger partial charge in [0.25, 0.3) is 11.5 Å². The third kappa shape index (κ3) is 4.05. The van der Waals surface area contributed by atoms with E-state index in [0.717, 1.165) is 30.8 Å². The second-order valence-corrected chi connectivity index (χ2v) is 6.43. The van der Waals surface area contributed by atoms with Gasteiger partial charge in [-0.3, -0.25) is 14.5 Å². The van der Waals surface area contributed by atoms with Crippen molar-refractivity contribution in [2.45, 2.75) is 46.2 Å². The van der Waals surface area contributed by atoms with Crippen molar-refractivity contribution in [3.8, 4) is 0 Å². The summed E-state index contributed by atoms with van der Waals surface area (Å²) in [5.74, 6) is -0.272. The molecular weight excluding hydrogens is 306 g/mol. The zero-order chi connectivity index (χ0) is 17.7. The quantitative estimate of drug-likeness (QED) is 0.816. The fourth-order valence-electron chi connectivity index (χ4n) is 3.51. The number of rotatable bonds is 7. The van der Waals surface area contributed by atoms with Gasteiger partial charge in [0.05, 0.1) is 6.61 Å². The number of hydrogen-bond donors (Lipinski definition) is 1. The second kappa shape index (κ2) is 8.44. The molecule has 1 aromatic rings. The number of methoxy groups -OCH3 is 1. The van der Waals surface area contributed by atoms with Crippen molar-refractivity contribution in [2.75, 3.05) is 33.4 Å². The van der Waals surface area contributed by atoms with Crippen LogP contribution in [0.2, 0.25) is 0 Å². The Labute approximate surface area is 143 Å². The molecular formula is C18H29N3O3. The van der Waals surface area contributed by atoms with Gasteiger partial charge in [-0.2, -0.15) is 0 Å². The lowest BCUT2D eigenvalue weighted by molar-refractivity contribution is 0.0938. The Bertz CT molecular complexity index is 639. The molecule has 1 aliphatic heterocycles. The molecule has 1 fully saturated rings. The molecule has 6 heteroatoms. The number of pyridine rings is 1. The highest BCUT2D eigenvalue weighted by molar-refractivity contribution is 5.95. The minimum absolute atomic E-state index is 0.235. The topological polar surface area (TPSA) is 63.6 Å². The molecule has 2 heterocycles. The summed E-state index contributed by atoms with van der Waals surface area (Å²) in [7, 11) is 1.60. The molecule has 24 heavy (non-hydrogen) atoms. The lowest BCUT2D eigenvalue weighted by atomic mass is 10.1. The summed E-state index contributed by atoms with van der Waals surface area (Å²) in [5, 5.41) is 2.96. The summed E-state index contributed by atoms with van der Waals surface area (Å²) in [6.07, 6.45) is 2.26. The van der Waals surface area contributed by atoms with Gasteiger partial charge in [-0.1, -0.05) is 6.92 Å². The molecule has 1 atom stereocenters. The molecule has 1 aromatic heterocycles. The molecule has 6 nitrogen and oxygen atoms in total. The van der Waals surface area contributed by atoms with E-state index in [-0.39, 0.29) is 17.0 Å². The van der Waals surface area contributed by atoms with Gasteiger partial charge < -0.3 is 14.6 Å². The minimum Gasteiger partial charge on any atom is -0.383 e. The lowest BCUT2D eigenvalue weighted by Crippen LogP contribution is -2.42. The van der Waals surface area contributed by atoms with E-state index in [1.54, 1.807) is 11.7 Å². The number of likely N-dealkylation sites (N-methyl/N-ethyl adjacent to an activating group) is 1. The van der Waals surface area contributed by atoms with Crippen LogP contribution in [0.3, 0.4) is 0 Å². The lowest BCUT2D eigenvalue weighted by Gasteiger charge is -2.23. The van der Waals surface area contributed by atoms with E-state index in [9.17, 15) is 9.59 Å². The summed E-state index contributed by atoms with van der Waals surface area (Å²) in [6.45, 7) is 9.40. The molecule has 0 bridgehead atoms. The highest BCUT2D eigenvalue weighted by Crippen LogP contribution is 2.16. The van der Waals surface area contributed by atoms with Crippen LogP contribution in [0, 0.1) is 13.8 Å². The van der Waals surface area contributed by atoms with Crippen molar-refractivity contribution in [1.29, 1.82) is 0 Å². The summed E-state index contributed by atoms with van der Waals surface area (Å²) < 4.78 is 6.67. The highest BCUT2D eigenvalue weighted by Gasteiger charge is 2.24. The standard InChI is InChI=1S/C18H29N3O3/c1-5-20-8-6-7-15(20)12-19-17(22)16-13(2)11-14(3)21(18(16)23)9-10-24-4/h11,15H,5-10,12H2,1-4H3,(H,19,22). The number of amides is 1. The van der Waals surface area contributed by atoms with Crippen LogP contribution in [0.4, 0.5) is 0 Å². The van der Waals surface area contributed by atoms with Crippen molar-refractivity contribution in [1.82, 2.24) is 14.8 Å². The Morgan fingerprint density at radius 1 is 1.42 bits per heavy atom. The molecule has 0 saturated carbocycles. The van der Waals surface area contributed by atoms with E-state index in [1.807, 2.05) is 19.9 Å². The van der Waals surface area contributed by atoms with E-state index < -0.39 is 0 Å². The van der Waals surface area contributed by atoms with Gasteiger partial charge in [-0.05, 0) is 51.4 Å². The van der Waals surface area contributed by atoms with E-state index in [4.69, 9.17) is 4.74 Å². The number of hydrogen-bond acceptors (Lipinski definition) is 4. The number of carbonyl (C=O) groups excluding carboxylic acids is 1. The summed E-state index contributed by atoms with van der Waals surface area (Å²) >= 11 is 0. The van der Waals surface area contributed by atoms with E-state index >= 15 is 0 Å². The van der Waals surface area contributed by atoms with Crippen LogP contribution in [0.5, 0.6) is 0 Å². The van der Waals surface area contributed by atoms with Gasteiger partial charge in [0, 0.05) is 31.9 Å². The number of aryl methyl sites for hydroxylation is 2. The SMILES string of the molecule is CCN1CCCC1CNC(=O)c1c(C)cc(C)n(CCOC)c1=O. The zero-order valence-corrected chi connectivity index (χ0v) is 15.2. The largest absolute Gasteiger partial charge is 0.383 e. The monoisotopic (exact) mass is 335 g/mol. The van der Waals surface area contributed by atoms with Crippen LogP contribution in [0.25, 0.3) is 0 Å². The third-order valence-electron chi connectivity index (χ3n) is 4.85. The number of nitrogens with zero attached hydrogens (tertiary/aromatic N) is 2. The van der Waals surface area contributed by atoms with Gasteiger partial charge in [-0.25, -0.2) is 0 Å². The molecule has 0 spiro atoms. The molecule has 0 aromatic carbocycles. The summed E-state index contributed by atoms with van der Waals surface area (Å²) in [4.78, 5) is 27.7. The van der Waals surface area contributed by atoms with E-state index in [1.165, 1.54) is 6.42 Å². The average molecular weight is 335 g/mol. The fraction of sp³-hybridized carbons (Fsp3) is 0.667. The Morgan fingerprint density at radius 2 is 2.17 bits per heavy atom. The molecule has 1 N–H and O–H groups in total. The molecule has 1 unspecified atom stereocenters. The Hall–Kier alpha value is -1.66. The molecule has 0 radical (unpaired) electrons. The Kier molecular flexibility index (Phi) is 6.57. The molecule has 1 aliphatic rings. The van der Waals surface area contributed by atoms with Gasteiger partial charge in [0.2, 0.25) is 0 Å². The van der Waals surface area contributed by atoms with Crippen LogP contribution >= 0.6 is 0 Å². The Balaban J connectivity index is 2.15. The van der Waals surface area contributed by atoms with Crippen molar-refractivity contribution < 1.29 is 9.53 Å². The minimum atomic E-state index is -0.272. The number of carbonyl (C=O) groups is 1. The number of nitrogens with one attached hydrogen (secondary N) is 1. The number of likely N-dealkylation sites (tertiary alicyclic amines) is 1. The first-order valence-corrected chi connectivity index (χ1v) is 8.71. The van der Waals surface area contributed by atoms with Crippen molar-refractivity contribution in [3.63, 3.8) is 0 Å². The van der Waals surface area contributed by atoms with Crippen LogP contribution in [-0.2, 0) is 11.3 Å². The van der Waals surface area contributed by atoms with Gasteiger partial charge in [0.15, 0.2) is 0 Å². The van der Waals surface area contributed by atoms with Crippen LogP contribution in [0.1, 0.15) is 41.4 Å². The third-order valence-corrected chi connectivity index (χ3v) is 4.85. The van der Waals surface area contributed by atoms with E-state index in [0.29, 0.717) is 25.7 Å². The first-order chi connectivity index (χ1) is 11.5. The normalized spacial score (nSPS) is 18.1. The van der Waals surface area contributed by atoms with E-state index in [2.05, 4.69) is 17.1 Å². The highest BCUT2D eigenvalue weighted by atomic mass is 16.5. The average Bonchev–Trinajstić information content (AvgIpc) is 3.00. The molecule has 1 amide bonds. The number of aromatic nitrogens is 1. The maximum absolute atomic E-state index is 12.7. The maximum Gasteiger partial charge on any atom is 0.263 e. The van der Waals surface area contributed by atoms with Gasteiger partial charge >= 0.3 is 0 Å². The van der Waals surface area contributed by atoms with Crippen molar-refractivity contribution in [3.05, 3.63) is 33.2 Å². The van der Waals surface area contributed by atoms with Crippen LogP contribution < -0.4 is 10.9 Å². The number of ether oxygens (including phenoxy) is 1. The van der Waals surface area contributed by atoms with Crippen LogP contribution in [-0.4, -0.2) is 54.8 Å². The van der Waals surface area contributed by atoms with Crippen molar-refractivity contribution >= 4 is 5.91 Å². The Morgan fingerprint density at radius 3 is 2.83 bits per heavy atom. The van der Waals surface area contributed by atoms with Crippen LogP contribution in [0.15, 0.2) is 10.9 Å². The molecule has 0 aliphatic carbocycles. The first kappa shape index (κ1) is 18.7. The predicted molar refractivity (Wildman–Crippen MR) is 94.7 cm³/mol. The van der Waals surface area contributed by atoms with Gasteiger partial charge in [0.1, 0.15) is 5.56 Å². The zero-order valence-electron chi connectivity index (χ0n) is 15.2. The fourth-order valence-corrected chi connectivity index (χ4v) is 3.51.